The van der Waals surface area contributed by atoms with E-state index in [2.05, 4.69) is 24.3 Å². The van der Waals surface area contributed by atoms with E-state index < -0.39 is 0 Å². The number of hydrogen-bond acceptors (Lipinski definition) is 6. The van der Waals surface area contributed by atoms with Gasteiger partial charge in [-0.3, -0.25) is 9.59 Å². The molecular weight excluding hydrogens is 476 g/mol. The number of thiophene rings is 2. The molecule has 0 fully saturated rings. The van der Waals surface area contributed by atoms with Crippen LogP contribution in [0.2, 0.25) is 0 Å². The Balaban J connectivity index is 1.53. The molecule has 184 valence electrons. The van der Waals surface area contributed by atoms with Crippen LogP contribution in [0.25, 0.3) is 20.2 Å². The molecule has 2 aromatic carbocycles. The van der Waals surface area contributed by atoms with E-state index in [1.165, 1.54) is 0 Å². The second kappa shape index (κ2) is 11.4. The third-order valence-corrected chi connectivity index (χ3v) is 8.51. The second-order valence-corrected chi connectivity index (χ2v) is 11.0. The first-order valence-corrected chi connectivity index (χ1v) is 13.9. The van der Waals surface area contributed by atoms with Gasteiger partial charge < -0.3 is 9.47 Å². The molecule has 0 bridgehead atoms. The van der Waals surface area contributed by atoms with E-state index in [0.29, 0.717) is 12.8 Å². The molecule has 0 aliphatic heterocycles. The Labute approximate surface area is 214 Å². The molecule has 0 amide bonds. The van der Waals surface area contributed by atoms with E-state index in [1.807, 2.05) is 26.0 Å². The number of fused-ring (bicyclic) bond motifs is 2. The number of ether oxygens (including phenoxy) is 2. The Morgan fingerprint density at radius 2 is 1.11 bits per heavy atom. The molecule has 4 rings (SSSR count). The van der Waals surface area contributed by atoms with Gasteiger partial charge >= 0.3 is 0 Å². The van der Waals surface area contributed by atoms with Crippen molar-refractivity contribution in [3.8, 4) is 11.5 Å². The van der Waals surface area contributed by atoms with Crippen molar-refractivity contribution < 1.29 is 19.1 Å². The molecule has 35 heavy (non-hydrogen) atoms. The summed E-state index contributed by atoms with van der Waals surface area (Å²) < 4.78 is 13.5. The summed E-state index contributed by atoms with van der Waals surface area (Å²) in [5.41, 5.74) is 2.30. The SMILES string of the molecule is CCCC(=O)c1cc2cc(CCCc3cc4cc(C(=O)CCC)sc4cc3OC)c(OC)cc2s1. The third-order valence-electron chi connectivity index (χ3n) is 6.23. The van der Waals surface area contributed by atoms with Gasteiger partial charge in [-0.2, -0.15) is 0 Å². The highest BCUT2D eigenvalue weighted by atomic mass is 32.1. The molecule has 0 spiro atoms. The standard InChI is InChI=1S/C29H32O4S2/c1-5-8-22(30)28-14-20-12-18(24(32-3)16-26(20)34-28)10-7-11-19-13-21-15-29(23(31)9-6-2)35-27(21)17-25(19)33-4/h12-17H,5-11H2,1-4H3. The molecule has 0 unspecified atom stereocenters. The number of aryl methyl sites for hydroxylation is 2. The van der Waals surface area contributed by atoms with Crippen molar-refractivity contribution in [2.24, 2.45) is 0 Å². The molecule has 2 heterocycles. The Bertz CT molecular complexity index is 1260. The summed E-state index contributed by atoms with van der Waals surface area (Å²) in [6.07, 6.45) is 5.54. The lowest BCUT2D eigenvalue weighted by Gasteiger charge is -2.11. The van der Waals surface area contributed by atoms with Gasteiger partial charge in [-0.1, -0.05) is 13.8 Å². The first-order chi connectivity index (χ1) is 17.0. The zero-order valence-corrected chi connectivity index (χ0v) is 22.5. The van der Waals surface area contributed by atoms with Crippen LogP contribution in [0.4, 0.5) is 0 Å². The molecule has 0 atom stereocenters. The molecular formula is C29H32O4S2. The summed E-state index contributed by atoms with van der Waals surface area (Å²) in [6, 6.07) is 12.5. The van der Waals surface area contributed by atoms with Gasteiger partial charge in [0.25, 0.3) is 0 Å². The molecule has 2 aromatic heterocycles. The minimum atomic E-state index is 0.213. The van der Waals surface area contributed by atoms with Crippen LogP contribution in [0.15, 0.2) is 36.4 Å². The molecule has 0 N–H and O–H groups in total. The first kappa shape index (κ1) is 25.4. The van der Waals surface area contributed by atoms with Gasteiger partial charge in [-0.05, 0) is 90.4 Å². The number of Topliss-reactive ketones (excluding diaryl/α,β-unsaturated/α-hetero) is 2. The minimum Gasteiger partial charge on any atom is -0.496 e. The molecule has 4 aromatic rings. The lowest BCUT2D eigenvalue weighted by atomic mass is 10.0. The Kier molecular flexibility index (Phi) is 8.24. The van der Waals surface area contributed by atoms with E-state index in [1.54, 1.807) is 36.9 Å². The lowest BCUT2D eigenvalue weighted by Crippen LogP contribution is -1.96. The molecule has 6 heteroatoms. The van der Waals surface area contributed by atoms with E-state index >= 15 is 0 Å². The Morgan fingerprint density at radius 3 is 1.49 bits per heavy atom. The van der Waals surface area contributed by atoms with Gasteiger partial charge in [0.1, 0.15) is 11.5 Å². The summed E-state index contributed by atoms with van der Waals surface area (Å²) in [6.45, 7) is 4.06. The number of rotatable bonds is 12. The Hall–Kier alpha value is -2.70. The van der Waals surface area contributed by atoms with Gasteiger partial charge in [-0.25, -0.2) is 0 Å². The van der Waals surface area contributed by atoms with Crippen molar-refractivity contribution in [1.82, 2.24) is 0 Å². The highest BCUT2D eigenvalue weighted by Crippen LogP contribution is 2.36. The second-order valence-electron chi connectivity index (χ2n) is 8.82. The predicted molar refractivity (Wildman–Crippen MR) is 147 cm³/mol. The molecule has 0 aliphatic carbocycles. The van der Waals surface area contributed by atoms with Gasteiger partial charge in [0.05, 0.1) is 24.0 Å². The molecule has 4 nitrogen and oxygen atoms in total. The van der Waals surface area contributed by atoms with Crippen molar-refractivity contribution in [2.75, 3.05) is 14.2 Å². The maximum absolute atomic E-state index is 12.4. The average molecular weight is 509 g/mol. The van der Waals surface area contributed by atoms with Gasteiger partial charge in [0, 0.05) is 22.2 Å². The highest BCUT2D eigenvalue weighted by Gasteiger charge is 2.15. The maximum Gasteiger partial charge on any atom is 0.172 e. The summed E-state index contributed by atoms with van der Waals surface area (Å²) in [7, 11) is 3.40. The first-order valence-electron chi connectivity index (χ1n) is 12.2. The summed E-state index contributed by atoms with van der Waals surface area (Å²) in [4.78, 5) is 26.4. The smallest absolute Gasteiger partial charge is 0.172 e. The largest absolute Gasteiger partial charge is 0.496 e. The van der Waals surface area contributed by atoms with Crippen LogP contribution in [0.5, 0.6) is 11.5 Å². The fourth-order valence-corrected chi connectivity index (χ4v) is 6.53. The van der Waals surface area contributed by atoms with Crippen molar-refractivity contribution in [1.29, 1.82) is 0 Å². The van der Waals surface area contributed by atoms with Crippen LogP contribution in [-0.4, -0.2) is 25.8 Å². The average Bonchev–Trinajstić information content (AvgIpc) is 3.46. The highest BCUT2D eigenvalue weighted by molar-refractivity contribution is 7.21. The van der Waals surface area contributed by atoms with Crippen molar-refractivity contribution in [3.05, 3.63) is 57.3 Å². The summed E-state index contributed by atoms with van der Waals surface area (Å²) in [5, 5.41) is 2.21. The van der Waals surface area contributed by atoms with Crippen LogP contribution in [0.1, 0.15) is 76.4 Å². The number of carbonyl (C=O) groups is 2. The van der Waals surface area contributed by atoms with Gasteiger partial charge in [-0.15, -0.1) is 22.7 Å². The van der Waals surface area contributed by atoms with E-state index in [0.717, 1.165) is 84.7 Å². The van der Waals surface area contributed by atoms with Crippen LogP contribution < -0.4 is 9.47 Å². The van der Waals surface area contributed by atoms with E-state index in [4.69, 9.17) is 9.47 Å². The maximum atomic E-state index is 12.4. The van der Waals surface area contributed by atoms with Gasteiger partial charge in [0.15, 0.2) is 11.6 Å². The number of methoxy groups -OCH3 is 2. The number of benzene rings is 2. The fraction of sp³-hybridized carbons (Fsp3) is 0.379. The van der Waals surface area contributed by atoms with Gasteiger partial charge in [0.2, 0.25) is 0 Å². The van der Waals surface area contributed by atoms with Crippen LogP contribution in [0.3, 0.4) is 0 Å². The quantitative estimate of drug-likeness (QED) is 0.181. The van der Waals surface area contributed by atoms with Crippen LogP contribution >= 0.6 is 22.7 Å². The molecule has 0 radical (unpaired) electrons. The van der Waals surface area contributed by atoms with Crippen molar-refractivity contribution >= 4 is 54.4 Å². The number of carbonyl (C=O) groups excluding carboxylic acids is 2. The van der Waals surface area contributed by atoms with Crippen molar-refractivity contribution in [2.45, 2.75) is 58.8 Å². The van der Waals surface area contributed by atoms with E-state index in [9.17, 15) is 9.59 Å². The monoisotopic (exact) mass is 508 g/mol. The topological polar surface area (TPSA) is 52.6 Å². The van der Waals surface area contributed by atoms with Crippen molar-refractivity contribution in [3.63, 3.8) is 0 Å². The fourth-order valence-electron chi connectivity index (χ4n) is 4.45. The molecule has 0 saturated heterocycles. The van der Waals surface area contributed by atoms with E-state index in [-0.39, 0.29) is 11.6 Å². The Morgan fingerprint density at radius 1 is 0.686 bits per heavy atom. The summed E-state index contributed by atoms with van der Waals surface area (Å²) >= 11 is 3.10. The van der Waals surface area contributed by atoms with Crippen LogP contribution in [-0.2, 0) is 12.8 Å². The zero-order valence-electron chi connectivity index (χ0n) is 20.9. The predicted octanol–water partition coefficient (Wildman–Crippen LogP) is 8.27. The zero-order chi connectivity index (χ0) is 24.9. The summed E-state index contributed by atoms with van der Waals surface area (Å²) in [5.74, 6) is 2.16. The normalized spacial score (nSPS) is 11.3. The molecule has 0 aliphatic rings. The number of ketones is 2. The third kappa shape index (κ3) is 5.60. The minimum absolute atomic E-state index is 0.213. The number of hydrogen-bond donors (Lipinski definition) is 0. The lowest BCUT2D eigenvalue weighted by molar-refractivity contribution is 0.0977. The molecule has 0 saturated carbocycles. The van der Waals surface area contributed by atoms with Crippen LogP contribution in [0, 0.1) is 0 Å².